The molecule has 13 nitrogen and oxygen atoms in total. The van der Waals surface area contributed by atoms with Gasteiger partial charge in [-0.05, 0) is 38.0 Å². The monoisotopic (exact) mass is 618 g/mol. The van der Waals surface area contributed by atoms with Gasteiger partial charge in [0.15, 0.2) is 0 Å². The van der Waals surface area contributed by atoms with Crippen LogP contribution in [0.1, 0.15) is 38.3 Å². The molecule has 1 aromatic carbocycles. The summed E-state index contributed by atoms with van der Waals surface area (Å²) in [6.07, 6.45) is 5.90. The van der Waals surface area contributed by atoms with E-state index >= 15 is 0 Å². The maximum absolute atomic E-state index is 13.0. The summed E-state index contributed by atoms with van der Waals surface area (Å²) in [5, 5.41) is 18.2. The Labute approximate surface area is 274 Å². The molecule has 1 aliphatic carbocycles. The topological polar surface area (TPSA) is 163 Å². The number of allylic oxidation sites excluding steroid dienone is 1. The van der Waals surface area contributed by atoms with Crippen LogP contribution in [0.5, 0.6) is 5.75 Å². The van der Waals surface area contributed by atoms with Crippen molar-refractivity contribution in [3.63, 3.8) is 0 Å². The molecule has 4 aliphatic heterocycles. The van der Waals surface area contributed by atoms with Crippen molar-refractivity contribution in [2.24, 2.45) is 0 Å². The van der Waals surface area contributed by atoms with E-state index in [-0.39, 0.29) is 60.5 Å². The maximum Gasteiger partial charge on any atom is 1.00 e. The zero-order valence-corrected chi connectivity index (χ0v) is 27.1. The number of urea groups is 2. The third-order valence-electron chi connectivity index (χ3n) is 8.32. The number of carboxylic acids is 1. The number of hydrogen-bond donors (Lipinski definition) is 3. The van der Waals surface area contributed by atoms with Gasteiger partial charge in [0.1, 0.15) is 17.2 Å². The van der Waals surface area contributed by atoms with Gasteiger partial charge in [-0.25, -0.2) is 19.9 Å². The van der Waals surface area contributed by atoms with Crippen molar-refractivity contribution in [2.45, 2.75) is 67.0 Å². The average molecular weight is 619 g/mol. The summed E-state index contributed by atoms with van der Waals surface area (Å²) in [7, 11) is 1.59. The predicted molar refractivity (Wildman–Crippen MR) is 148 cm³/mol. The molecule has 5 aliphatic rings. The molecule has 4 saturated heterocycles. The molecular formula is C28H31N6NaO7S. The predicted octanol–water partition coefficient (Wildman–Crippen LogP) is -2.98. The molecule has 0 aromatic heterocycles. The molecule has 222 valence electrons. The number of hydrazine groups is 1. The number of nitrogens with one attached hydrogen (secondary N) is 3. The van der Waals surface area contributed by atoms with Crippen molar-refractivity contribution in [1.29, 1.82) is 0 Å². The smallest absolute Gasteiger partial charge is 0.548 e. The fourth-order valence-electron chi connectivity index (χ4n) is 6.20. The largest absolute Gasteiger partial charge is 1.00 e. The van der Waals surface area contributed by atoms with E-state index in [1.165, 1.54) is 26.6 Å². The molecule has 0 spiro atoms. The summed E-state index contributed by atoms with van der Waals surface area (Å²) in [6.45, 7) is 3.71. The van der Waals surface area contributed by atoms with Gasteiger partial charge in [0.2, 0.25) is 11.8 Å². The first-order chi connectivity index (χ1) is 20.0. The number of carbonyl (C=O) groups is 5. The molecule has 6 rings (SSSR count). The standard InChI is InChI=1S/C28H32N6O7S.Na/c1-28(2)22(25(37)38)33-23(36)21(24(33)42-28)30-19(35)12-14-5-4-6-16(11-14)29-26(39)32-13-18-20(31-34(18)27(32)40)15-7-9-17(41-3)10-8-15;/h4,6-11,16,18,20-22,24,31H,5,12-13H2,1-3H3,(H,29,39)(H,30,35)(H,37,38);/q;+1/p-1/t16?,18?,20?,21-,22+,24-;/m1./s1. The zero-order valence-electron chi connectivity index (χ0n) is 24.2. The molecule has 0 radical (unpaired) electrons. The number of thioether (sulfide) groups is 1. The Morgan fingerprint density at radius 2 is 1.88 bits per heavy atom. The van der Waals surface area contributed by atoms with Gasteiger partial charge in [-0.1, -0.05) is 35.9 Å². The van der Waals surface area contributed by atoms with Gasteiger partial charge >= 0.3 is 41.6 Å². The number of amides is 6. The van der Waals surface area contributed by atoms with Gasteiger partial charge in [0, 0.05) is 11.2 Å². The number of benzene rings is 1. The number of nitrogens with zero attached hydrogens (tertiary/aromatic N) is 3. The number of carbonyl (C=O) groups excluding carboxylic acids is 5. The number of hydrogen-bond acceptors (Lipinski definition) is 9. The number of methoxy groups -OCH3 is 1. The minimum absolute atomic E-state index is 0. The summed E-state index contributed by atoms with van der Waals surface area (Å²) < 4.78 is 4.47. The fourth-order valence-corrected chi connectivity index (χ4v) is 7.82. The molecule has 3 N–H and O–H groups in total. The van der Waals surface area contributed by atoms with Crippen LogP contribution < -0.4 is 55.5 Å². The molecule has 6 amide bonds. The Kier molecular flexibility index (Phi) is 8.62. The molecule has 6 atom stereocenters. The van der Waals surface area contributed by atoms with Gasteiger partial charge in [0.25, 0.3) is 0 Å². The van der Waals surface area contributed by atoms with E-state index in [1.54, 1.807) is 33.1 Å². The molecular weight excluding hydrogens is 587 g/mol. The van der Waals surface area contributed by atoms with E-state index in [9.17, 15) is 29.1 Å². The Bertz CT molecular complexity index is 1420. The maximum atomic E-state index is 13.0. The molecule has 4 heterocycles. The van der Waals surface area contributed by atoms with Crippen LogP contribution in [0.4, 0.5) is 9.59 Å². The van der Waals surface area contributed by atoms with Crippen LogP contribution >= 0.6 is 11.8 Å². The van der Waals surface area contributed by atoms with Crippen LogP contribution in [0.15, 0.2) is 48.1 Å². The second-order valence-electron chi connectivity index (χ2n) is 11.4. The Balaban J connectivity index is 0.00000368. The van der Waals surface area contributed by atoms with Crippen LogP contribution in [0.2, 0.25) is 0 Å². The van der Waals surface area contributed by atoms with Crippen LogP contribution in [-0.4, -0.2) is 92.6 Å². The summed E-state index contributed by atoms with van der Waals surface area (Å²) in [4.78, 5) is 65.4. The van der Waals surface area contributed by atoms with E-state index in [0.717, 1.165) is 16.9 Å². The van der Waals surface area contributed by atoms with E-state index in [0.29, 0.717) is 6.42 Å². The van der Waals surface area contributed by atoms with E-state index in [4.69, 9.17) is 4.74 Å². The van der Waals surface area contributed by atoms with Crippen molar-refractivity contribution in [1.82, 2.24) is 30.9 Å². The third-order valence-corrected chi connectivity index (χ3v) is 9.89. The Morgan fingerprint density at radius 3 is 2.56 bits per heavy atom. The van der Waals surface area contributed by atoms with Crippen molar-refractivity contribution in [3.05, 3.63) is 53.6 Å². The molecule has 3 unspecified atom stereocenters. The van der Waals surface area contributed by atoms with Crippen molar-refractivity contribution in [3.8, 4) is 5.75 Å². The Hall–Kier alpha value is -3.04. The fraction of sp³-hybridized carbons (Fsp3) is 0.464. The van der Waals surface area contributed by atoms with Crippen LogP contribution in [0.25, 0.3) is 0 Å². The number of imide groups is 1. The van der Waals surface area contributed by atoms with E-state index in [1.807, 2.05) is 30.3 Å². The van der Waals surface area contributed by atoms with Crippen molar-refractivity contribution >= 4 is 41.6 Å². The third kappa shape index (κ3) is 5.55. The average Bonchev–Trinajstić information content (AvgIpc) is 3.34. The minimum atomic E-state index is -1.31. The number of fused-ring (bicyclic) bond motifs is 2. The van der Waals surface area contributed by atoms with Crippen molar-refractivity contribution in [2.75, 3.05) is 13.7 Å². The van der Waals surface area contributed by atoms with Gasteiger partial charge in [-0.3, -0.25) is 14.6 Å². The van der Waals surface area contributed by atoms with E-state index < -0.39 is 52.2 Å². The quantitative estimate of drug-likeness (QED) is 0.164. The second-order valence-corrected chi connectivity index (χ2v) is 13.2. The summed E-state index contributed by atoms with van der Waals surface area (Å²) in [6, 6.07) is 3.90. The summed E-state index contributed by atoms with van der Waals surface area (Å²) >= 11 is 1.33. The van der Waals surface area contributed by atoms with Crippen molar-refractivity contribution < 1.29 is 63.4 Å². The zero-order chi connectivity index (χ0) is 29.9. The first kappa shape index (κ1) is 31.4. The molecule has 1 aromatic rings. The molecule has 4 fully saturated rings. The minimum Gasteiger partial charge on any atom is -0.548 e. The van der Waals surface area contributed by atoms with Gasteiger partial charge in [-0.2, -0.15) is 0 Å². The molecule has 43 heavy (non-hydrogen) atoms. The normalized spacial score (nSPS) is 29.8. The number of β-lactam (4-membered cyclic amide) rings is 1. The Morgan fingerprint density at radius 1 is 1.16 bits per heavy atom. The van der Waals surface area contributed by atoms with Crippen LogP contribution in [-0.2, 0) is 14.4 Å². The number of rotatable bonds is 7. The molecule has 0 saturated carbocycles. The first-order valence-corrected chi connectivity index (χ1v) is 14.5. The summed E-state index contributed by atoms with van der Waals surface area (Å²) in [5.41, 5.74) is 4.84. The molecule has 0 bridgehead atoms. The SMILES string of the molecule is COc1ccc(C2NN3C(=O)N(C(=O)NC4C=CCC(CC(=O)N[C@@H]5C(=O)N6[C@@H]5SC(C)(C)[C@@H]6C(=O)[O-])=C4)CC23)cc1.[Na+]. The molecule has 15 heteroatoms. The van der Waals surface area contributed by atoms with Gasteiger partial charge in [0.05, 0.1) is 43.8 Å². The summed E-state index contributed by atoms with van der Waals surface area (Å²) in [5.74, 6) is -1.39. The second kappa shape index (κ2) is 11.8. The van der Waals surface area contributed by atoms with Crippen LogP contribution in [0.3, 0.4) is 0 Å². The van der Waals surface area contributed by atoms with E-state index in [2.05, 4.69) is 16.1 Å². The van der Waals surface area contributed by atoms with Crippen LogP contribution in [0, 0.1) is 0 Å². The number of ether oxygens (including phenoxy) is 1. The van der Waals surface area contributed by atoms with Gasteiger partial charge < -0.3 is 30.2 Å². The number of aliphatic carboxylic acids is 1. The van der Waals surface area contributed by atoms with Gasteiger partial charge in [-0.15, -0.1) is 11.8 Å². The number of carboxylic acid groups (broad SMARTS) is 1. The first-order valence-electron chi connectivity index (χ1n) is 13.7.